The van der Waals surface area contributed by atoms with E-state index < -0.39 is 0 Å². The quantitative estimate of drug-likeness (QED) is 0.878. The van der Waals surface area contributed by atoms with Gasteiger partial charge in [0.1, 0.15) is 5.82 Å². The van der Waals surface area contributed by atoms with Crippen molar-refractivity contribution < 1.29 is 14.0 Å². The highest BCUT2D eigenvalue weighted by Crippen LogP contribution is 2.27. The second kappa shape index (κ2) is 7.50. The van der Waals surface area contributed by atoms with Gasteiger partial charge in [0.05, 0.1) is 5.69 Å². The molecule has 0 saturated carbocycles. The first-order valence-corrected chi connectivity index (χ1v) is 9.56. The first-order valence-electron chi connectivity index (χ1n) is 9.56. The zero-order chi connectivity index (χ0) is 18.8. The predicted molar refractivity (Wildman–Crippen MR) is 98.3 cm³/mol. The molecule has 142 valence electrons. The molecular formula is C20H23FN4O2. The topological polar surface area (TPSA) is 67.2 Å². The average molecular weight is 370 g/mol. The number of rotatable bonds is 5. The molecule has 1 fully saturated rings. The number of carbonyl (C=O) groups excluding carboxylic acids is 2. The summed E-state index contributed by atoms with van der Waals surface area (Å²) in [4.78, 5) is 26.6. The first-order chi connectivity index (χ1) is 13.1. The minimum atomic E-state index is -0.303. The van der Waals surface area contributed by atoms with E-state index in [4.69, 9.17) is 0 Å². The number of hydrogen-bond acceptors (Lipinski definition) is 3. The van der Waals surface area contributed by atoms with E-state index in [9.17, 15) is 14.0 Å². The zero-order valence-corrected chi connectivity index (χ0v) is 15.2. The van der Waals surface area contributed by atoms with Crippen molar-refractivity contribution in [3.05, 3.63) is 47.0 Å². The van der Waals surface area contributed by atoms with Crippen molar-refractivity contribution in [2.75, 3.05) is 19.6 Å². The maximum atomic E-state index is 13.2. The van der Waals surface area contributed by atoms with E-state index in [2.05, 4.69) is 10.4 Å². The third-order valence-electron chi connectivity index (χ3n) is 5.30. The number of fused-ring (bicyclic) bond motifs is 1. The Kier molecular flexibility index (Phi) is 4.92. The minimum Gasteiger partial charge on any atom is -0.350 e. The molecule has 2 aliphatic rings. The number of benzene rings is 1. The van der Waals surface area contributed by atoms with Gasteiger partial charge in [0, 0.05) is 37.3 Å². The molecule has 2 heterocycles. The third kappa shape index (κ3) is 3.59. The average Bonchev–Trinajstić information content (AvgIpc) is 3.40. The lowest BCUT2D eigenvalue weighted by Gasteiger charge is -2.15. The summed E-state index contributed by atoms with van der Waals surface area (Å²) in [6, 6.07) is 6.11. The highest BCUT2D eigenvalue weighted by molar-refractivity contribution is 5.94. The number of carbonyl (C=O) groups is 2. The highest BCUT2D eigenvalue weighted by atomic mass is 19.1. The zero-order valence-electron chi connectivity index (χ0n) is 15.2. The van der Waals surface area contributed by atoms with Crippen molar-refractivity contribution >= 4 is 11.8 Å². The van der Waals surface area contributed by atoms with Gasteiger partial charge in [-0.1, -0.05) is 0 Å². The Morgan fingerprint density at radius 2 is 1.81 bits per heavy atom. The first kappa shape index (κ1) is 17.7. The second-order valence-corrected chi connectivity index (χ2v) is 7.11. The highest BCUT2D eigenvalue weighted by Gasteiger charge is 2.27. The monoisotopic (exact) mass is 370 g/mol. The maximum absolute atomic E-state index is 13.2. The Hall–Kier alpha value is -2.70. The molecule has 1 aromatic heterocycles. The summed E-state index contributed by atoms with van der Waals surface area (Å²) >= 11 is 0. The fourth-order valence-electron chi connectivity index (χ4n) is 3.91. The van der Waals surface area contributed by atoms with Crippen LogP contribution in [-0.2, 0) is 17.6 Å². The van der Waals surface area contributed by atoms with Gasteiger partial charge in [-0.2, -0.15) is 5.10 Å². The molecule has 1 aromatic carbocycles. The predicted octanol–water partition coefficient (Wildman–Crippen LogP) is 2.24. The summed E-state index contributed by atoms with van der Waals surface area (Å²) in [5.74, 6) is -0.457. The molecule has 0 spiro atoms. The molecule has 7 heteroatoms. The molecule has 0 bridgehead atoms. The van der Waals surface area contributed by atoms with Gasteiger partial charge >= 0.3 is 0 Å². The number of halogens is 1. The van der Waals surface area contributed by atoms with Gasteiger partial charge in [0.2, 0.25) is 5.91 Å². The Morgan fingerprint density at radius 3 is 2.56 bits per heavy atom. The lowest BCUT2D eigenvalue weighted by molar-refractivity contribution is -0.129. The largest absolute Gasteiger partial charge is 0.350 e. The Morgan fingerprint density at radius 1 is 1.07 bits per heavy atom. The molecule has 2 aromatic rings. The summed E-state index contributed by atoms with van der Waals surface area (Å²) in [7, 11) is 0. The Labute approximate surface area is 157 Å². The normalized spacial score (nSPS) is 15.8. The number of amides is 2. The summed E-state index contributed by atoms with van der Waals surface area (Å²) in [6.07, 6.45) is 5.07. The van der Waals surface area contributed by atoms with Gasteiger partial charge in [-0.3, -0.25) is 9.59 Å². The minimum absolute atomic E-state index is 0.0925. The van der Waals surface area contributed by atoms with E-state index in [0.29, 0.717) is 18.7 Å². The molecule has 1 aliphatic heterocycles. The van der Waals surface area contributed by atoms with Crippen molar-refractivity contribution in [3.63, 3.8) is 0 Å². The standard InChI is InChI=1S/C20H23FN4O2/c21-14-6-8-15(9-7-14)25-17-5-3-4-16(17)19(23-25)20(27)22-11-10-18(26)24-12-1-2-13-24/h6-9H,1-5,10-13H2,(H,22,27). The van der Waals surface area contributed by atoms with E-state index in [1.807, 2.05) is 4.90 Å². The van der Waals surface area contributed by atoms with Crippen molar-refractivity contribution in [2.24, 2.45) is 0 Å². The fourth-order valence-corrected chi connectivity index (χ4v) is 3.91. The maximum Gasteiger partial charge on any atom is 0.272 e. The summed E-state index contributed by atoms with van der Waals surface area (Å²) in [6.45, 7) is 1.96. The van der Waals surface area contributed by atoms with Gasteiger partial charge < -0.3 is 10.2 Å². The van der Waals surface area contributed by atoms with E-state index in [1.165, 1.54) is 12.1 Å². The van der Waals surface area contributed by atoms with Gasteiger partial charge in [-0.05, 0) is 56.4 Å². The molecule has 0 unspecified atom stereocenters. The summed E-state index contributed by atoms with van der Waals surface area (Å²) in [5.41, 5.74) is 3.14. The van der Waals surface area contributed by atoms with Crippen molar-refractivity contribution in [2.45, 2.75) is 38.5 Å². The molecule has 1 aliphatic carbocycles. The SMILES string of the molecule is O=C(NCCC(=O)N1CCCC1)c1nn(-c2ccc(F)cc2)c2c1CCC2. The summed E-state index contributed by atoms with van der Waals surface area (Å²) in [5, 5.41) is 7.33. The van der Waals surface area contributed by atoms with Crippen LogP contribution >= 0.6 is 0 Å². The molecule has 0 atom stereocenters. The molecule has 2 amide bonds. The number of likely N-dealkylation sites (tertiary alicyclic amines) is 1. The van der Waals surface area contributed by atoms with E-state index in [1.54, 1.807) is 16.8 Å². The van der Waals surface area contributed by atoms with Crippen LogP contribution in [0.25, 0.3) is 5.69 Å². The molecule has 6 nitrogen and oxygen atoms in total. The second-order valence-electron chi connectivity index (χ2n) is 7.11. The lowest BCUT2D eigenvalue weighted by Crippen LogP contribution is -2.33. The number of aromatic nitrogens is 2. The molecular weight excluding hydrogens is 347 g/mol. The van der Waals surface area contributed by atoms with Crippen LogP contribution in [0.15, 0.2) is 24.3 Å². The number of hydrogen-bond donors (Lipinski definition) is 1. The van der Waals surface area contributed by atoms with Gasteiger partial charge in [0.25, 0.3) is 5.91 Å². The van der Waals surface area contributed by atoms with Crippen molar-refractivity contribution in [1.82, 2.24) is 20.0 Å². The molecule has 27 heavy (non-hydrogen) atoms. The van der Waals surface area contributed by atoms with Crippen LogP contribution in [0.5, 0.6) is 0 Å². The van der Waals surface area contributed by atoms with Crippen LogP contribution in [0.3, 0.4) is 0 Å². The third-order valence-corrected chi connectivity index (χ3v) is 5.30. The van der Waals surface area contributed by atoms with E-state index in [-0.39, 0.29) is 17.6 Å². The lowest BCUT2D eigenvalue weighted by atomic mass is 10.2. The number of nitrogens with zero attached hydrogens (tertiary/aromatic N) is 3. The molecule has 0 radical (unpaired) electrons. The van der Waals surface area contributed by atoms with Crippen LogP contribution in [0.4, 0.5) is 4.39 Å². The summed E-state index contributed by atoms with van der Waals surface area (Å²) < 4.78 is 14.9. The number of nitrogens with one attached hydrogen (secondary N) is 1. The van der Waals surface area contributed by atoms with Crippen LogP contribution in [0.2, 0.25) is 0 Å². The molecule has 4 rings (SSSR count). The van der Waals surface area contributed by atoms with Crippen molar-refractivity contribution in [3.8, 4) is 5.69 Å². The van der Waals surface area contributed by atoms with Gasteiger partial charge in [-0.15, -0.1) is 0 Å². The van der Waals surface area contributed by atoms with Crippen molar-refractivity contribution in [1.29, 1.82) is 0 Å². The van der Waals surface area contributed by atoms with Crippen LogP contribution in [-0.4, -0.2) is 46.1 Å². The van der Waals surface area contributed by atoms with Gasteiger partial charge in [-0.25, -0.2) is 9.07 Å². The van der Waals surface area contributed by atoms with Crippen LogP contribution in [0.1, 0.15) is 47.4 Å². The van der Waals surface area contributed by atoms with Crippen LogP contribution in [0, 0.1) is 5.82 Å². The van der Waals surface area contributed by atoms with Gasteiger partial charge in [0.15, 0.2) is 5.69 Å². The Balaban J connectivity index is 1.45. The molecule has 1 N–H and O–H groups in total. The molecule has 1 saturated heterocycles. The van der Waals surface area contributed by atoms with Crippen LogP contribution < -0.4 is 5.32 Å². The van der Waals surface area contributed by atoms with E-state index >= 15 is 0 Å². The fraction of sp³-hybridized carbons (Fsp3) is 0.450. The van der Waals surface area contributed by atoms with E-state index in [0.717, 1.165) is 62.1 Å². The smallest absolute Gasteiger partial charge is 0.272 e. The Bertz CT molecular complexity index is 854.